The van der Waals surface area contributed by atoms with E-state index in [0.717, 1.165) is 12.8 Å². The van der Waals surface area contributed by atoms with Crippen LogP contribution in [0.15, 0.2) is 0 Å². The van der Waals surface area contributed by atoms with E-state index in [-0.39, 0.29) is 10.2 Å². The average Bonchev–Trinajstić information content (AvgIpc) is 2.21. The van der Waals surface area contributed by atoms with Crippen molar-refractivity contribution in [2.45, 2.75) is 97.8 Å². The van der Waals surface area contributed by atoms with Crippen molar-refractivity contribution in [3.8, 4) is 0 Å². The van der Waals surface area contributed by atoms with Crippen LogP contribution in [0.25, 0.3) is 0 Å². The van der Waals surface area contributed by atoms with Gasteiger partial charge in [0.15, 0.2) is 0 Å². The summed E-state index contributed by atoms with van der Waals surface area (Å²) in [5, 5.41) is 0. The highest BCUT2D eigenvalue weighted by atomic mass is 32.2. The molecule has 0 radical (unpaired) electrons. The maximum absolute atomic E-state index is 12.4. The van der Waals surface area contributed by atoms with Crippen LogP contribution in [0.2, 0.25) is 0 Å². The Labute approximate surface area is 123 Å². The van der Waals surface area contributed by atoms with Crippen LogP contribution in [0.1, 0.15) is 87.0 Å². The van der Waals surface area contributed by atoms with Crippen LogP contribution in [0.3, 0.4) is 0 Å². The first-order valence-electron chi connectivity index (χ1n) is 7.76. The SMILES string of the molecule is CCCCCCC(C)NS(=O)C(C)(C)CC(C)(C)C. The van der Waals surface area contributed by atoms with Gasteiger partial charge in [0.25, 0.3) is 0 Å². The van der Waals surface area contributed by atoms with Gasteiger partial charge in [-0.25, -0.2) is 8.93 Å². The van der Waals surface area contributed by atoms with Gasteiger partial charge < -0.3 is 0 Å². The van der Waals surface area contributed by atoms with Crippen LogP contribution in [-0.2, 0) is 11.0 Å². The van der Waals surface area contributed by atoms with E-state index in [1.165, 1.54) is 25.7 Å². The molecule has 0 heterocycles. The minimum Gasteiger partial charge on any atom is -0.242 e. The molecule has 0 aromatic rings. The Hall–Kier alpha value is 0.110. The molecule has 19 heavy (non-hydrogen) atoms. The molecule has 0 saturated heterocycles. The molecule has 116 valence electrons. The van der Waals surface area contributed by atoms with E-state index in [1.54, 1.807) is 0 Å². The second kappa shape index (κ2) is 8.41. The lowest BCUT2D eigenvalue weighted by Gasteiger charge is -2.32. The molecule has 0 aromatic heterocycles. The lowest BCUT2D eigenvalue weighted by molar-refractivity contribution is 0.333. The van der Waals surface area contributed by atoms with Gasteiger partial charge in [0, 0.05) is 6.04 Å². The first kappa shape index (κ1) is 19.1. The van der Waals surface area contributed by atoms with Gasteiger partial charge in [0.1, 0.15) is 0 Å². The summed E-state index contributed by atoms with van der Waals surface area (Å²) in [4.78, 5) is 0. The minimum atomic E-state index is -0.964. The summed E-state index contributed by atoms with van der Waals surface area (Å²) in [6, 6.07) is 0.344. The largest absolute Gasteiger partial charge is 0.242 e. The number of hydrogen-bond donors (Lipinski definition) is 1. The highest BCUT2D eigenvalue weighted by Gasteiger charge is 2.31. The first-order chi connectivity index (χ1) is 8.58. The van der Waals surface area contributed by atoms with Crippen LogP contribution < -0.4 is 4.72 Å². The van der Waals surface area contributed by atoms with Gasteiger partial charge in [-0.15, -0.1) is 0 Å². The van der Waals surface area contributed by atoms with Gasteiger partial charge in [-0.3, -0.25) is 0 Å². The van der Waals surface area contributed by atoms with Gasteiger partial charge in [-0.05, 0) is 39.0 Å². The lowest BCUT2D eigenvalue weighted by Crippen LogP contribution is -2.42. The lowest BCUT2D eigenvalue weighted by atomic mass is 9.86. The third kappa shape index (κ3) is 9.61. The van der Waals surface area contributed by atoms with Crippen molar-refractivity contribution in [3.63, 3.8) is 0 Å². The normalized spacial score (nSPS) is 16.4. The molecule has 0 spiro atoms. The Morgan fingerprint density at radius 3 is 2.11 bits per heavy atom. The van der Waals surface area contributed by atoms with E-state index < -0.39 is 11.0 Å². The van der Waals surface area contributed by atoms with Crippen LogP contribution in [0, 0.1) is 5.41 Å². The van der Waals surface area contributed by atoms with E-state index in [1.807, 2.05) is 0 Å². The first-order valence-corrected chi connectivity index (χ1v) is 8.91. The quantitative estimate of drug-likeness (QED) is 0.606. The predicted molar refractivity (Wildman–Crippen MR) is 87.7 cm³/mol. The monoisotopic (exact) mass is 289 g/mol. The van der Waals surface area contributed by atoms with Gasteiger partial charge >= 0.3 is 0 Å². The molecule has 0 rings (SSSR count). The fraction of sp³-hybridized carbons (Fsp3) is 1.00. The molecule has 0 amide bonds. The zero-order chi connectivity index (χ0) is 15.1. The molecule has 0 aliphatic heterocycles. The predicted octanol–water partition coefficient (Wildman–Crippen LogP) is 4.81. The van der Waals surface area contributed by atoms with Gasteiger partial charge in [0.2, 0.25) is 0 Å². The molecule has 0 aromatic carbocycles. The standard InChI is InChI=1S/C16H35NOS/c1-8-9-10-11-12-14(2)17-19(18)16(6,7)13-15(3,4)5/h14,17H,8-13H2,1-7H3. The third-order valence-electron chi connectivity index (χ3n) is 3.26. The number of nitrogens with one attached hydrogen (secondary N) is 1. The Morgan fingerprint density at radius 2 is 1.63 bits per heavy atom. The zero-order valence-corrected chi connectivity index (χ0v) is 15.0. The molecule has 1 N–H and O–H groups in total. The number of rotatable bonds is 9. The summed E-state index contributed by atoms with van der Waals surface area (Å²) in [5.41, 5.74) is 0.213. The topological polar surface area (TPSA) is 29.1 Å². The van der Waals surface area contributed by atoms with E-state index in [2.05, 4.69) is 53.2 Å². The van der Waals surface area contributed by atoms with Crippen LogP contribution in [-0.4, -0.2) is 15.0 Å². The molecular formula is C16H35NOS. The number of unbranched alkanes of at least 4 members (excludes halogenated alkanes) is 3. The summed E-state index contributed by atoms with van der Waals surface area (Å²) < 4.78 is 15.6. The second-order valence-corrected chi connectivity index (χ2v) is 9.51. The van der Waals surface area contributed by atoms with Crippen molar-refractivity contribution in [1.82, 2.24) is 4.72 Å². The van der Waals surface area contributed by atoms with Crippen molar-refractivity contribution < 1.29 is 4.21 Å². The smallest absolute Gasteiger partial charge is 0.0975 e. The Kier molecular flexibility index (Phi) is 8.46. The van der Waals surface area contributed by atoms with Gasteiger partial charge in [0.05, 0.1) is 15.7 Å². The summed E-state index contributed by atoms with van der Waals surface area (Å²) in [5.74, 6) is 0. The van der Waals surface area contributed by atoms with Crippen molar-refractivity contribution in [2.75, 3.05) is 0 Å². The van der Waals surface area contributed by atoms with Crippen molar-refractivity contribution in [1.29, 1.82) is 0 Å². The molecular weight excluding hydrogens is 254 g/mol. The Bertz CT molecular complexity index is 268. The summed E-state index contributed by atoms with van der Waals surface area (Å²) >= 11 is 0. The molecule has 2 nitrogen and oxygen atoms in total. The number of hydrogen-bond acceptors (Lipinski definition) is 1. The molecule has 0 fully saturated rings. The Balaban J connectivity index is 4.13. The summed E-state index contributed by atoms with van der Waals surface area (Å²) in [7, 11) is -0.964. The fourth-order valence-electron chi connectivity index (χ4n) is 2.62. The van der Waals surface area contributed by atoms with Crippen LogP contribution >= 0.6 is 0 Å². The van der Waals surface area contributed by atoms with Crippen molar-refractivity contribution in [2.24, 2.45) is 5.41 Å². The zero-order valence-electron chi connectivity index (χ0n) is 14.1. The van der Waals surface area contributed by atoms with E-state index >= 15 is 0 Å². The van der Waals surface area contributed by atoms with E-state index in [9.17, 15) is 4.21 Å². The molecule has 2 atom stereocenters. The van der Waals surface area contributed by atoms with E-state index in [0.29, 0.717) is 6.04 Å². The molecule has 0 saturated carbocycles. The highest BCUT2D eigenvalue weighted by molar-refractivity contribution is 7.84. The van der Waals surface area contributed by atoms with E-state index in [4.69, 9.17) is 0 Å². The molecule has 0 aliphatic carbocycles. The van der Waals surface area contributed by atoms with Crippen LogP contribution in [0.4, 0.5) is 0 Å². The summed E-state index contributed by atoms with van der Waals surface area (Å²) in [6.45, 7) is 15.2. The molecule has 0 bridgehead atoms. The highest BCUT2D eigenvalue weighted by Crippen LogP contribution is 2.30. The maximum atomic E-state index is 12.4. The second-order valence-electron chi connectivity index (χ2n) is 7.63. The maximum Gasteiger partial charge on any atom is 0.0975 e. The molecule has 2 unspecified atom stereocenters. The van der Waals surface area contributed by atoms with Crippen molar-refractivity contribution >= 4 is 11.0 Å². The third-order valence-corrected chi connectivity index (χ3v) is 5.02. The Morgan fingerprint density at radius 1 is 1.05 bits per heavy atom. The average molecular weight is 290 g/mol. The minimum absolute atomic E-state index is 0.171. The molecule has 3 heteroatoms. The fourth-order valence-corrected chi connectivity index (χ4v) is 3.99. The summed E-state index contributed by atoms with van der Waals surface area (Å²) in [6.07, 6.45) is 7.19. The van der Waals surface area contributed by atoms with Crippen LogP contribution in [0.5, 0.6) is 0 Å². The van der Waals surface area contributed by atoms with Crippen molar-refractivity contribution in [3.05, 3.63) is 0 Å². The van der Waals surface area contributed by atoms with Gasteiger partial charge in [-0.2, -0.15) is 0 Å². The molecule has 0 aliphatic rings. The van der Waals surface area contributed by atoms with Gasteiger partial charge in [-0.1, -0.05) is 53.4 Å².